The Bertz CT molecular complexity index is 408. The van der Waals surface area contributed by atoms with Gasteiger partial charge in [-0.1, -0.05) is 19.9 Å². The molecule has 0 amide bonds. The van der Waals surface area contributed by atoms with Crippen LogP contribution in [0.5, 0.6) is 0 Å². The van der Waals surface area contributed by atoms with Crippen molar-refractivity contribution in [1.82, 2.24) is 0 Å². The van der Waals surface area contributed by atoms with Crippen molar-refractivity contribution in [3.05, 3.63) is 24.3 Å². The molecule has 2 N–H and O–H groups in total. The van der Waals surface area contributed by atoms with Crippen molar-refractivity contribution in [2.75, 3.05) is 5.73 Å². The zero-order chi connectivity index (χ0) is 12.4. The summed E-state index contributed by atoms with van der Waals surface area (Å²) >= 11 is 0. The summed E-state index contributed by atoms with van der Waals surface area (Å²) in [5, 5.41) is 0.301. The largest absolute Gasteiger partial charge is 0.399 e. The summed E-state index contributed by atoms with van der Waals surface area (Å²) in [5.41, 5.74) is 6.45. The van der Waals surface area contributed by atoms with E-state index in [1.165, 1.54) is 6.42 Å². The molecule has 3 heteroatoms. The van der Waals surface area contributed by atoms with E-state index in [9.17, 15) is 4.21 Å². The molecule has 1 aliphatic rings. The predicted octanol–water partition coefficient (Wildman–Crippen LogP) is 3.20. The van der Waals surface area contributed by atoms with Gasteiger partial charge in [0, 0.05) is 15.8 Å². The zero-order valence-corrected chi connectivity index (χ0v) is 11.4. The van der Waals surface area contributed by atoms with Gasteiger partial charge in [-0.3, -0.25) is 4.21 Å². The van der Waals surface area contributed by atoms with Crippen LogP contribution in [0.2, 0.25) is 0 Å². The molecule has 2 rings (SSSR count). The number of nitrogen functional groups attached to an aromatic ring is 1. The first-order chi connectivity index (χ1) is 8.06. The number of benzene rings is 1. The SMILES string of the molecule is CC1CC(C)CC(S(=O)c2cccc(N)c2)C1. The minimum atomic E-state index is -0.902. The fourth-order valence-corrected chi connectivity index (χ4v) is 4.74. The van der Waals surface area contributed by atoms with E-state index in [0.29, 0.717) is 22.8 Å². The summed E-state index contributed by atoms with van der Waals surface area (Å²) in [6.45, 7) is 4.53. The van der Waals surface area contributed by atoms with E-state index in [-0.39, 0.29) is 0 Å². The summed E-state index contributed by atoms with van der Waals surface area (Å²) in [4.78, 5) is 0.885. The average molecular weight is 251 g/mol. The van der Waals surface area contributed by atoms with E-state index in [1.807, 2.05) is 24.3 Å². The van der Waals surface area contributed by atoms with Crippen LogP contribution < -0.4 is 5.73 Å². The molecule has 0 saturated heterocycles. The van der Waals surface area contributed by atoms with Gasteiger partial charge in [0.15, 0.2) is 0 Å². The Morgan fingerprint density at radius 1 is 1.18 bits per heavy atom. The number of nitrogens with two attached hydrogens (primary N) is 1. The summed E-state index contributed by atoms with van der Waals surface area (Å²) < 4.78 is 12.5. The zero-order valence-electron chi connectivity index (χ0n) is 10.6. The van der Waals surface area contributed by atoms with Crippen molar-refractivity contribution in [3.63, 3.8) is 0 Å². The maximum Gasteiger partial charge on any atom is 0.0561 e. The lowest BCUT2D eigenvalue weighted by Gasteiger charge is -2.30. The maximum absolute atomic E-state index is 12.5. The summed E-state index contributed by atoms with van der Waals surface area (Å²) in [7, 11) is -0.902. The van der Waals surface area contributed by atoms with Crippen LogP contribution in [0.3, 0.4) is 0 Å². The van der Waals surface area contributed by atoms with Gasteiger partial charge < -0.3 is 5.73 Å². The molecule has 3 atom stereocenters. The second-order valence-corrected chi connectivity index (χ2v) is 7.14. The van der Waals surface area contributed by atoms with Gasteiger partial charge in [-0.25, -0.2) is 0 Å². The molecule has 1 fully saturated rings. The molecule has 0 spiro atoms. The number of hydrogen-bond acceptors (Lipinski definition) is 2. The number of rotatable bonds is 2. The molecule has 0 aliphatic heterocycles. The van der Waals surface area contributed by atoms with Crippen LogP contribution in [0.1, 0.15) is 33.1 Å². The number of hydrogen-bond donors (Lipinski definition) is 1. The van der Waals surface area contributed by atoms with Gasteiger partial charge in [0.1, 0.15) is 0 Å². The minimum absolute atomic E-state index is 0.301. The Morgan fingerprint density at radius 3 is 2.41 bits per heavy atom. The van der Waals surface area contributed by atoms with Crippen molar-refractivity contribution in [2.24, 2.45) is 11.8 Å². The van der Waals surface area contributed by atoms with Crippen LogP contribution >= 0.6 is 0 Å². The highest BCUT2D eigenvalue weighted by Crippen LogP contribution is 2.33. The maximum atomic E-state index is 12.5. The van der Waals surface area contributed by atoms with Gasteiger partial charge in [0.2, 0.25) is 0 Å². The van der Waals surface area contributed by atoms with Gasteiger partial charge >= 0.3 is 0 Å². The highest BCUT2D eigenvalue weighted by molar-refractivity contribution is 7.85. The van der Waals surface area contributed by atoms with Gasteiger partial charge in [0.05, 0.1) is 10.8 Å². The van der Waals surface area contributed by atoms with Crippen molar-refractivity contribution in [1.29, 1.82) is 0 Å². The Labute approximate surface area is 106 Å². The van der Waals surface area contributed by atoms with Crippen LogP contribution in [0, 0.1) is 11.8 Å². The van der Waals surface area contributed by atoms with Crippen LogP contribution in [-0.4, -0.2) is 9.46 Å². The van der Waals surface area contributed by atoms with Crippen molar-refractivity contribution >= 4 is 16.5 Å². The lowest BCUT2D eigenvalue weighted by atomic mass is 9.83. The Hall–Kier alpha value is -0.830. The fraction of sp³-hybridized carbons (Fsp3) is 0.571. The summed E-state index contributed by atoms with van der Waals surface area (Å²) in [6.07, 6.45) is 3.42. The second-order valence-electron chi connectivity index (χ2n) is 5.41. The van der Waals surface area contributed by atoms with E-state index >= 15 is 0 Å². The van der Waals surface area contributed by atoms with Crippen LogP contribution in [0.15, 0.2) is 29.2 Å². The number of anilines is 1. The molecule has 1 aliphatic carbocycles. The molecule has 0 bridgehead atoms. The van der Waals surface area contributed by atoms with E-state index in [0.717, 1.165) is 17.7 Å². The molecular weight excluding hydrogens is 230 g/mol. The first-order valence-corrected chi connectivity index (χ1v) is 7.53. The third kappa shape index (κ3) is 3.09. The minimum Gasteiger partial charge on any atom is -0.399 e. The van der Waals surface area contributed by atoms with Crippen LogP contribution in [0.4, 0.5) is 5.69 Å². The molecule has 94 valence electrons. The lowest BCUT2D eigenvalue weighted by Crippen LogP contribution is -2.27. The average Bonchev–Trinajstić information content (AvgIpc) is 2.26. The predicted molar refractivity (Wildman–Crippen MR) is 73.2 cm³/mol. The third-order valence-electron chi connectivity index (χ3n) is 3.53. The quantitative estimate of drug-likeness (QED) is 0.820. The van der Waals surface area contributed by atoms with Crippen molar-refractivity contribution in [2.45, 2.75) is 43.3 Å². The summed E-state index contributed by atoms with van der Waals surface area (Å²) in [6, 6.07) is 7.50. The fourth-order valence-electron chi connectivity index (χ4n) is 2.88. The van der Waals surface area contributed by atoms with Crippen LogP contribution in [0.25, 0.3) is 0 Å². The molecule has 0 aromatic heterocycles. The van der Waals surface area contributed by atoms with Crippen molar-refractivity contribution < 1.29 is 4.21 Å². The van der Waals surface area contributed by atoms with E-state index in [2.05, 4.69) is 13.8 Å². The van der Waals surface area contributed by atoms with E-state index in [4.69, 9.17) is 5.73 Å². The molecular formula is C14H21NOS. The molecule has 0 heterocycles. The van der Waals surface area contributed by atoms with Crippen LogP contribution in [-0.2, 0) is 10.8 Å². The molecule has 1 aromatic rings. The summed E-state index contributed by atoms with van der Waals surface area (Å²) in [5.74, 6) is 1.38. The monoisotopic (exact) mass is 251 g/mol. The topological polar surface area (TPSA) is 43.1 Å². The van der Waals surface area contributed by atoms with Gasteiger partial charge in [-0.05, 0) is 49.3 Å². The van der Waals surface area contributed by atoms with Gasteiger partial charge in [-0.15, -0.1) is 0 Å². The van der Waals surface area contributed by atoms with Crippen molar-refractivity contribution in [3.8, 4) is 0 Å². The first-order valence-electron chi connectivity index (χ1n) is 6.32. The molecule has 1 saturated carbocycles. The lowest BCUT2D eigenvalue weighted by molar-refractivity contribution is 0.305. The molecule has 1 aromatic carbocycles. The standard InChI is InChI=1S/C14H21NOS/c1-10-6-11(2)8-14(7-10)17(16)13-5-3-4-12(15)9-13/h3-5,9-11,14H,6-8,15H2,1-2H3. The van der Waals surface area contributed by atoms with E-state index < -0.39 is 10.8 Å². The third-order valence-corrected chi connectivity index (χ3v) is 5.24. The Kier molecular flexibility index (Phi) is 3.87. The molecule has 17 heavy (non-hydrogen) atoms. The normalized spacial score (nSPS) is 31.1. The molecule has 3 unspecified atom stereocenters. The first kappa shape index (κ1) is 12.6. The van der Waals surface area contributed by atoms with E-state index in [1.54, 1.807) is 0 Å². The molecule has 0 radical (unpaired) electrons. The second kappa shape index (κ2) is 5.21. The highest BCUT2D eigenvalue weighted by atomic mass is 32.2. The van der Waals surface area contributed by atoms with Gasteiger partial charge in [0.25, 0.3) is 0 Å². The highest BCUT2D eigenvalue weighted by Gasteiger charge is 2.28. The van der Waals surface area contributed by atoms with Gasteiger partial charge in [-0.2, -0.15) is 0 Å². The smallest absolute Gasteiger partial charge is 0.0561 e. The Morgan fingerprint density at radius 2 is 1.82 bits per heavy atom. The Balaban J connectivity index is 2.14. The molecule has 2 nitrogen and oxygen atoms in total.